The zero-order valence-corrected chi connectivity index (χ0v) is 33.2. The van der Waals surface area contributed by atoms with Crippen LogP contribution in [0.2, 0.25) is 0 Å². The van der Waals surface area contributed by atoms with Crippen molar-refractivity contribution in [3.8, 4) is 50.2 Å². The molecule has 0 amide bonds. The molecule has 10 aromatic rings. The van der Waals surface area contributed by atoms with Crippen LogP contribution in [-0.4, -0.2) is 4.57 Å². The lowest BCUT2D eigenvalue weighted by Gasteiger charge is -2.29. The first-order valence-electron chi connectivity index (χ1n) is 20.5. The molecule has 0 spiro atoms. The van der Waals surface area contributed by atoms with E-state index in [2.05, 4.69) is 242 Å². The lowest BCUT2D eigenvalue weighted by Crippen LogP contribution is -2.17. The largest absolute Gasteiger partial charge is 0.308 e. The third-order valence-corrected chi connectivity index (χ3v) is 12.4. The fraction of sp³-hybridized carbons (Fsp3) is 0.0526. The molecule has 2 heteroatoms. The van der Waals surface area contributed by atoms with E-state index < -0.39 is 0 Å². The zero-order chi connectivity index (χ0) is 39.5. The fourth-order valence-electron chi connectivity index (χ4n) is 9.45. The van der Waals surface area contributed by atoms with Gasteiger partial charge in [-0.3, -0.25) is 0 Å². The summed E-state index contributed by atoms with van der Waals surface area (Å²) in [7, 11) is 0. The quantitative estimate of drug-likeness (QED) is 0.157. The van der Waals surface area contributed by atoms with E-state index in [0.717, 1.165) is 22.7 Å². The highest BCUT2D eigenvalue weighted by Gasteiger charge is 2.36. The average Bonchev–Trinajstić information content (AvgIpc) is 3.76. The topological polar surface area (TPSA) is 8.17 Å². The molecule has 1 heterocycles. The van der Waals surface area contributed by atoms with E-state index in [1.165, 1.54) is 77.4 Å². The fourth-order valence-corrected chi connectivity index (χ4v) is 9.45. The molecule has 1 aliphatic rings. The minimum atomic E-state index is -0.135. The van der Waals surface area contributed by atoms with Gasteiger partial charge in [0, 0.05) is 33.2 Å². The first kappa shape index (κ1) is 34.8. The maximum absolute atomic E-state index is 2.48. The Hall–Kier alpha value is -7.42. The predicted octanol–water partition coefficient (Wildman–Crippen LogP) is 15.6. The minimum Gasteiger partial charge on any atom is -0.308 e. The molecule has 11 rings (SSSR count). The smallest absolute Gasteiger partial charge is 0.0782 e. The third-order valence-electron chi connectivity index (χ3n) is 12.4. The number of para-hydroxylation sites is 2. The van der Waals surface area contributed by atoms with E-state index >= 15 is 0 Å². The van der Waals surface area contributed by atoms with Crippen LogP contribution in [0.1, 0.15) is 25.0 Å². The van der Waals surface area contributed by atoms with Crippen molar-refractivity contribution < 1.29 is 0 Å². The molecule has 1 aliphatic carbocycles. The summed E-state index contributed by atoms with van der Waals surface area (Å²) in [5.41, 5.74) is 19.3. The number of benzene rings is 9. The van der Waals surface area contributed by atoms with Gasteiger partial charge in [-0.2, -0.15) is 0 Å². The monoisotopic (exact) mass is 754 g/mol. The van der Waals surface area contributed by atoms with Crippen LogP contribution in [0.25, 0.3) is 72.0 Å². The number of hydrogen-bond acceptors (Lipinski definition) is 1. The van der Waals surface area contributed by atoms with E-state index in [0.29, 0.717) is 0 Å². The van der Waals surface area contributed by atoms with Crippen LogP contribution < -0.4 is 4.90 Å². The van der Waals surface area contributed by atoms with Gasteiger partial charge in [0.05, 0.1) is 16.7 Å². The van der Waals surface area contributed by atoms with Gasteiger partial charge >= 0.3 is 0 Å². The highest BCUT2D eigenvalue weighted by Crippen LogP contribution is 2.51. The molecule has 1 aromatic heterocycles. The van der Waals surface area contributed by atoms with Gasteiger partial charge in [-0.25, -0.2) is 0 Å². The molecule has 0 radical (unpaired) electrons. The van der Waals surface area contributed by atoms with Gasteiger partial charge in [0.15, 0.2) is 0 Å². The van der Waals surface area contributed by atoms with Gasteiger partial charge in [0.25, 0.3) is 0 Å². The Labute approximate surface area is 345 Å². The first-order chi connectivity index (χ1) is 29.0. The maximum Gasteiger partial charge on any atom is 0.0782 e. The summed E-state index contributed by atoms with van der Waals surface area (Å²) >= 11 is 0. The van der Waals surface area contributed by atoms with E-state index in [-0.39, 0.29) is 5.41 Å². The number of rotatable bonds is 7. The summed E-state index contributed by atoms with van der Waals surface area (Å²) in [4.78, 5) is 2.48. The normalized spacial score (nSPS) is 12.7. The Morgan fingerprint density at radius 2 is 0.898 bits per heavy atom. The molecule has 9 aromatic carbocycles. The van der Waals surface area contributed by atoms with E-state index in [1.807, 2.05) is 0 Å². The molecule has 0 saturated carbocycles. The third kappa shape index (κ3) is 5.79. The van der Waals surface area contributed by atoms with Crippen molar-refractivity contribution in [2.75, 3.05) is 4.90 Å². The summed E-state index contributed by atoms with van der Waals surface area (Å²) in [5, 5.41) is 2.45. The Kier molecular flexibility index (Phi) is 8.20. The van der Waals surface area contributed by atoms with Crippen LogP contribution in [0.15, 0.2) is 218 Å². The molecular weight excluding hydrogens is 713 g/mol. The predicted molar refractivity (Wildman–Crippen MR) is 249 cm³/mol. The number of fused-ring (bicyclic) bond motifs is 6. The molecule has 0 saturated heterocycles. The van der Waals surface area contributed by atoms with Gasteiger partial charge in [0.1, 0.15) is 0 Å². The van der Waals surface area contributed by atoms with Crippen LogP contribution in [-0.2, 0) is 5.41 Å². The molecule has 0 N–H and O–H groups in total. The molecular formula is C57H42N2. The second-order valence-corrected chi connectivity index (χ2v) is 16.2. The highest BCUT2D eigenvalue weighted by atomic mass is 15.2. The lowest BCUT2D eigenvalue weighted by atomic mass is 9.82. The van der Waals surface area contributed by atoms with E-state index in [9.17, 15) is 0 Å². The molecule has 2 nitrogen and oxygen atoms in total. The van der Waals surface area contributed by atoms with Crippen molar-refractivity contribution >= 4 is 38.9 Å². The van der Waals surface area contributed by atoms with Crippen molar-refractivity contribution in [1.29, 1.82) is 0 Å². The van der Waals surface area contributed by atoms with Crippen molar-refractivity contribution in [2.45, 2.75) is 19.3 Å². The molecule has 59 heavy (non-hydrogen) atoms. The molecule has 0 atom stereocenters. The number of anilines is 3. The Balaban J connectivity index is 1.10. The summed E-state index contributed by atoms with van der Waals surface area (Å²) in [6.07, 6.45) is 0. The maximum atomic E-state index is 2.48. The second-order valence-electron chi connectivity index (χ2n) is 16.2. The SMILES string of the molecule is CC1(C)c2ccccc2-c2ccc(N(c3cccc(-c4ccccc4)c3)c3cccc4c5ccccc5n(-c5ccc(-c6ccc(-c7ccccc7)cc6)cc5)c34)cc21. The second kappa shape index (κ2) is 13.9. The summed E-state index contributed by atoms with van der Waals surface area (Å²) in [5.74, 6) is 0. The molecule has 0 fully saturated rings. The standard InChI is InChI=1S/C57H42N2/c1-57(2)52-24-11-9-21-48(52)49-36-35-47(38-53(49)57)58(46-20-13-19-44(37-46)40-17-7-4-8-18-40)55-26-14-23-51-50-22-10-12-25-54(50)59(56(51)55)45-33-31-43(32-34-45)42-29-27-41(28-30-42)39-15-5-3-6-16-39/h3-38H,1-2H3. The van der Waals surface area contributed by atoms with Gasteiger partial charge in [-0.1, -0.05) is 184 Å². The zero-order valence-electron chi connectivity index (χ0n) is 33.2. The van der Waals surface area contributed by atoms with Crippen LogP contribution in [0, 0.1) is 0 Å². The lowest BCUT2D eigenvalue weighted by molar-refractivity contribution is 0.660. The van der Waals surface area contributed by atoms with Crippen molar-refractivity contribution in [2.24, 2.45) is 0 Å². The average molecular weight is 755 g/mol. The minimum absolute atomic E-state index is 0.135. The van der Waals surface area contributed by atoms with Crippen molar-refractivity contribution in [3.05, 3.63) is 230 Å². The summed E-state index contributed by atoms with van der Waals surface area (Å²) in [6, 6.07) is 79.8. The van der Waals surface area contributed by atoms with Gasteiger partial charge in [-0.15, -0.1) is 0 Å². The molecule has 0 bridgehead atoms. The van der Waals surface area contributed by atoms with Gasteiger partial charge in [-0.05, 0) is 104 Å². The summed E-state index contributed by atoms with van der Waals surface area (Å²) < 4.78 is 2.46. The van der Waals surface area contributed by atoms with Crippen molar-refractivity contribution in [3.63, 3.8) is 0 Å². The first-order valence-corrected chi connectivity index (χ1v) is 20.5. The number of aromatic nitrogens is 1. The van der Waals surface area contributed by atoms with Gasteiger partial charge in [0.2, 0.25) is 0 Å². The van der Waals surface area contributed by atoms with Crippen molar-refractivity contribution in [1.82, 2.24) is 4.57 Å². The Bertz CT molecular complexity index is 3150. The Morgan fingerprint density at radius 1 is 0.373 bits per heavy atom. The van der Waals surface area contributed by atoms with E-state index in [4.69, 9.17) is 0 Å². The molecule has 0 aliphatic heterocycles. The number of nitrogens with zero attached hydrogens (tertiary/aromatic N) is 2. The van der Waals surface area contributed by atoms with E-state index in [1.54, 1.807) is 0 Å². The Morgan fingerprint density at radius 3 is 1.63 bits per heavy atom. The van der Waals surface area contributed by atoms with Gasteiger partial charge < -0.3 is 9.47 Å². The number of hydrogen-bond donors (Lipinski definition) is 0. The van der Waals surface area contributed by atoms with Crippen LogP contribution >= 0.6 is 0 Å². The van der Waals surface area contributed by atoms with Crippen LogP contribution in [0.4, 0.5) is 17.1 Å². The highest BCUT2D eigenvalue weighted by molar-refractivity contribution is 6.14. The van der Waals surface area contributed by atoms with Crippen LogP contribution in [0.3, 0.4) is 0 Å². The summed E-state index contributed by atoms with van der Waals surface area (Å²) in [6.45, 7) is 4.73. The molecule has 0 unspecified atom stereocenters. The van der Waals surface area contributed by atoms with Crippen LogP contribution in [0.5, 0.6) is 0 Å². The molecule has 280 valence electrons.